The Hall–Kier alpha value is -1.85. The predicted octanol–water partition coefficient (Wildman–Crippen LogP) is 4.77. The minimum atomic E-state index is -0.679. The van der Waals surface area contributed by atoms with Gasteiger partial charge in [0, 0.05) is 35.8 Å². The third-order valence-corrected chi connectivity index (χ3v) is 6.09. The number of carbonyl (C=O) groups is 1. The molecule has 1 fully saturated rings. The number of fused-ring (bicyclic) bond motifs is 1. The molecule has 2 aliphatic heterocycles. The number of rotatable bonds is 4. The van der Waals surface area contributed by atoms with Crippen LogP contribution in [0.5, 0.6) is 17.2 Å². The molecule has 6 heteroatoms. The summed E-state index contributed by atoms with van der Waals surface area (Å²) < 4.78 is 17.8. The first-order valence-electron chi connectivity index (χ1n) is 8.55. The Morgan fingerprint density at radius 1 is 1.15 bits per heavy atom. The van der Waals surface area contributed by atoms with Crippen molar-refractivity contribution < 1.29 is 19.0 Å². The van der Waals surface area contributed by atoms with Gasteiger partial charge in [-0.05, 0) is 23.8 Å². The first-order chi connectivity index (χ1) is 12.6. The van der Waals surface area contributed by atoms with Gasteiger partial charge >= 0.3 is 0 Å². The minimum Gasteiger partial charge on any atom is -0.493 e. The van der Waals surface area contributed by atoms with Crippen molar-refractivity contribution in [3.63, 3.8) is 0 Å². The molecule has 2 aromatic carbocycles. The number of hydrogen-bond donors (Lipinski definition) is 0. The molecule has 2 aromatic rings. The van der Waals surface area contributed by atoms with Crippen LogP contribution < -0.4 is 14.2 Å². The standard InChI is InChI=1S/C20H19ClO4S/c1-23-17-7-6-14(16(22)12-13-4-2-3-5-15(13)21)18-19(17)25-20(24-18)8-10-26-11-9-20/h2-7H,8-12H2,1H3. The Morgan fingerprint density at radius 3 is 2.62 bits per heavy atom. The van der Waals surface area contributed by atoms with Gasteiger partial charge in [-0.3, -0.25) is 4.79 Å². The zero-order valence-corrected chi connectivity index (χ0v) is 16.0. The zero-order valence-electron chi connectivity index (χ0n) is 14.4. The summed E-state index contributed by atoms with van der Waals surface area (Å²) in [7, 11) is 1.59. The summed E-state index contributed by atoms with van der Waals surface area (Å²) in [6, 6.07) is 10.9. The van der Waals surface area contributed by atoms with Crippen LogP contribution in [0, 0.1) is 0 Å². The van der Waals surface area contributed by atoms with E-state index in [1.165, 1.54) is 0 Å². The van der Waals surface area contributed by atoms with Crippen LogP contribution in [0.25, 0.3) is 0 Å². The molecule has 0 amide bonds. The van der Waals surface area contributed by atoms with Gasteiger partial charge in [0.15, 0.2) is 17.3 Å². The normalized spacial score (nSPS) is 17.3. The number of halogens is 1. The third-order valence-electron chi connectivity index (χ3n) is 4.74. The van der Waals surface area contributed by atoms with Crippen LogP contribution in [-0.2, 0) is 6.42 Å². The first-order valence-corrected chi connectivity index (χ1v) is 10.1. The fourth-order valence-corrected chi connectivity index (χ4v) is 4.63. The summed E-state index contributed by atoms with van der Waals surface area (Å²) in [6.07, 6.45) is 1.78. The summed E-state index contributed by atoms with van der Waals surface area (Å²) in [5.74, 6) is 2.82. The fourth-order valence-electron chi connectivity index (χ4n) is 3.31. The molecule has 26 heavy (non-hydrogen) atoms. The van der Waals surface area contributed by atoms with Crippen LogP contribution in [0.15, 0.2) is 36.4 Å². The van der Waals surface area contributed by atoms with Crippen molar-refractivity contribution in [1.82, 2.24) is 0 Å². The van der Waals surface area contributed by atoms with Crippen molar-refractivity contribution >= 4 is 29.1 Å². The van der Waals surface area contributed by atoms with Crippen LogP contribution in [0.4, 0.5) is 0 Å². The summed E-state index contributed by atoms with van der Waals surface area (Å²) in [5, 5.41) is 0.587. The summed E-state index contributed by atoms with van der Waals surface area (Å²) in [4.78, 5) is 13.0. The van der Waals surface area contributed by atoms with Gasteiger partial charge in [0.05, 0.1) is 12.7 Å². The second-order valence-corrected chi connectivity index (χ2v) is 8.02. The Kier molecular flexibility index (Phi) is 4.76. The number of ether oxygens (including phenoxy) is 3. The van der Waals surface area contributed by atoms with E-state index in [-0.39, 0.29) is 12.2 Å². The Balaban J connectivity index is 1.67. The van der Waals surface area contributed by atoms with E-state index in [4.69, 9.17) is 25.8 Å². The van der Waals surface area contributed by atoms with E-state index >= 15 is 0 Å². The number of ketones is 1. The molecule has 2 heterocycles. The van der Waals surface area contributed by atoms with Gasteiger partial charge in [-0.25, -0.2) is 0 Å². The molecule has 1 saturated heterocycles. The molecule has 0 unspecified atom stereocenters. The molecule has 0 saturated carbocycles. The van der Waals surface area contributed by atoms with Crippen LogP contribution in [-0.4, -0.2) is 30.2 Å². The molecular formula is C20H19ClO4S. The van der Waals surface area contributed by atoms with Crippen LogP contribution in [0.1, 0.15) is 28.8 Å². The number of methoxy groups -OCH3 is 1. The number of Topliss-reactive ketones (excluding diaryl/α,β-unsaturated/α-hetero) is 1. The highest BCUT2D eigenvalue weighted by Gasteiger charge is 2.45. The highest BCUT2D eigenvalue weighted by molar-refractivity contribution is 7.99. The van der Waals surface area contributed by atoms with E-state index in [2.05, 4.69) is 0 Å². The van der Waals surface area contributed by atoms with E-state index in [9.17, 15) is 4.79 Å². The molecule has 4 nitrogen and oxygen atoms in total. The largest absolute Gasteiger partial charge is 0.493 e. The van der Waals surface area contributed by atoms with Crippen LogP contribution >= 0.6 is 23.4 Å². The smallest absolute Gasteiger partial charge is 0.253 e. The number of carbonyl (C=O) groups excluding carboxylic acids is 1. The average Bonchev–Trinajstić information content (AvgIpc) is 3.01. The van der Waals surface area contributed by atoms with Crippen molar-refractivity contribution in [3.05, 3.63) is 52.5 Å². The van der Waals surface area contributed by atoms with Gasteiger partial charge in [-0.1, -0.05) is 29.8 Å². The van der Waals surface area contributed by atoms with Gasteiger partial charge < -0.3 is 14.2 Å². The fraction of sp³-hybridized carbons (Fsp3) is 0.350. The maximum absolute atomic E-state index is 13.0. The summed E-state index contributed by atoms with van der Waals surface area (Å²) in [6.45, 7) is 0. The predicted molar refractivity (Wildman–Crippen MR) is 103 cm³/mol. The van der Waals surface area contributed by atoms with Crippen molar-refractivity contribution in [3.8, 4) is 17.2 Å². The molecule has 1 spiro atoms. The zero-order chi connectivity index (χ0) is 18.1. The van der Waals surface area contributed by atoms with Crippen molar-refractivity contribution in [2.24, 2.45) is 0 Å². The van der Waals surface area contributed by atoms with Gasteiger partial charge in [-0.15, -0.1) is 0 Å². The number of hydrogen-bond acceptors (Lipinski definition) is 5. The molecule has 4 rings (SSSR count). The first kappa shape index (κ1) is 17.6. The van der Waals surface area contributed by atoms with E-state index < -0.39 is 5.79 Å². The highest BCUT2D eigenvalue weighted by Crippen LogP contribution is 2.51. The second-order valence-electron chi connectivity index (χ2n) is 6.39. The quantitative estimate of drug-likeness (QED) is 0.703. The van der Waals surface area contributed by atoms with E-state index in [1.54, 1.807) is 25.3 Å². The topological polar surface area (TPSA) is 44.8 Å². The van der Waals surface area contributed by atoms with E-state index in [0.29, 0.717) is 27.8 Å². The Morgan fingerprint density at radius 2 is 1.88 bits per heavy atom. The number of benzene rings is 2. The maximum atomic E-state index is 13.0. The van der Waals surface area contributed by atoms with Gasteiger partial charge in [0.2, 0.25) is 5.75 Å². The van der Waals surface area contributed by atoms with Gasteiger partial charge in [-0.2, -0.15) is 11.8 Å². The van der Waals surface area contributed by atoms with E-state index in [0.717, 1.165) is 29.9 Å². The molecule has 0 radical (unpaired) electrons. The Labute approximate surface area is 161 Å². The van der Waals surface area contributed by atoms with Crippen LogP contribution in [0.3, 0.4) is 0 Å². The van der Waals surface area contributed by atoms with Crippen molar-refractivity contribution in [1.29, 1.82) is 0 Å². The van der Waals surface area contributed by atoms with Gasteiger partial charge in [0.1, 0.15) is 0 Å². The molecular weight excluding hydrogens is 372 g/mol. The molecule has 0 aliphatic carbocycles. The van der Waals surface area contributed by atoms with E-state index in [1.807, 2.05) is 30.0 Å². The van der Waals surface area contributed by atoms with Gasteiger partial charge in [0.25, 0.3) is 5.79 Å². The lowest BCUT2D eigenvalue weighted by molar-refractivity contribution is -0.0852. The third kappa shape index (κ3) is 3.14. The summed E-state index contributed by atoms with van der Waals surface area (Å²) >= 11 is 8.09. The minimum absolute atomic E-state index is 0.0529. The molecule has 2 aliphatic rings. The molecule has 136 valence electrons. The van der Waals surface area contributed by atoms with Crippen molar-refractivity contribution in [2.45, 2.75) is 25.0 Å². The summed E-state index contributed by atoms with van der Waals surface area (Å²) in [5.41, 5.74) is 1.31. The SMILES string of the molecule is COc1ccc(C(=O)Cc2ccccc2Cl)c2c1OC1(CCSCC1)O2. The Bertz CT molecular complexity index is 846. The highest BCUT2D eigenvalue weighted by atomic mass is 35.5. The van der Waals surface area contributed by atoms with Crippen LogP contribution in [0.2, 0.25) is 5.02 Å². The monoisotopic (exact) mass is 390 g/mol. The average molecular weight is 391 g/mol. The molecule has 0 bridgehead atoms. The van der Waals surface area contributed by atoms with Crippen molar-refractivity contribution in [2.75, 3.05) is 18.6 Å². The molecule has 0 atom stereocenters. The lowest BCUT2D eigenvalue weighted by atomic mass is 10.0. The lowest BCUT2D eigenvalue weighted by Gasteiger charge is -2.31. The molecule has 0 aromatic heterocycles. The lowest BCUT2D eigenvalue weighted by Crippen LogP contribution is -2.42. The maximum Gasteiger partial charge on any atom is 0.253 e. The molecule has 0 N–H and O–H groups in total. The second kappa shape index (κ2) is 7.05. The number of thioether (sulfide) groups is 1.